The smallest absolute Gasteiger partial charge is 0.150 e. The highest BCUT2D eigenvalue weighted by Crippen LogP contribution is 2.54. The van der Waals surface area contributed by atoms with Crippen molar-refractivity contribution >= 4 is 9.84 Å². The molecule has 0 aromatic heterocycles. The van der Waals surface area contributed by atoms with E-state index < -0.39 is 9.84 Å². The molecule has 88 valence electrons. The molecular weight excluding hydrogens is 208 g/mol. The minimum atomic E-state index is -2.71. The van der Waals surface area contributed by atoms with Crippen molar-refractivity contribution in [1.82, 2.24) is 0 Å². The lowest BCUT2D eigenvalue weighted by Gasteiger charge is -2.28. The summed E-state index contributed by atoms with van der Waals surface area (Å²) in [5.74, 6) is 2.37. The van der Waals surface area contributed by atoms with Crippen LogP contribution in [0.5, 0.6) is 0 Å². The van der Waals surface area contributed by atoms with E-state index in [1.165, 1.54) is 19.3 Å². The quantitative estimate of drug-likeness (QED) is 0.731. The Morgan fingerprint density at radius 1 is 1.27 bits per heavy atom. The van der Waals surface area contributed by atoms with Crippen LogP contribution < -0.4 is 0 Å². The van der Waals surface area contributed by atoms with E-state index in [4.69, 9.17) is 0 Å². The summed E-state index contributed by atoms with van der Waals surface area (Å²) in [6.45, 7) is 4.45. The molecule has 0 aromatic rings. The van der Waals surface area contributed by atoms with Gasteiger partial charge in [0.05, 0.1) is 11.5 Å². The Labute approximate surface area is 93.4 Å². The minimum Gasteiger partial charge on any atom is -0.229 e. The SMILES string of the molecule is CCC1CC(CC)C2(CCS(=O)(=O)C2)C1. The average molecular weight is 230 g/mol. The monoisotopic (exact) mass is 230 g/mol. The van der Waals surface area contributed by atoms with Crippen molar-refractivity contribution in [2.45, 2.75) is 46.0 Å². The van der Waals surface area contributed by atoms with Crippen LogP contribution in [0.1, 0.15) is 46.0 Å². The van der Waals surface area contributed by atoms with Crippen LogP contribution in [-0.4, -0.2) is 19.9 Å². The number of hydrogen-bond donors (Lipinski definition) is 0. The van der Waals surface area contributed by atoms with Crippen molar-refractivity contribution in [2.75, 3.05) is 11.5 Å². The first-order valence-corrected chi connectivity index (χ1v) is 8.04. The van der Waals surface area contributed by atoms with E-state index in [9.17, 15) is 8.42 Å². The molecule has 1 saturated heterocycles. The largest absolute Gasteiger partial charge is 0.229 e. The standard InChI is InChI=1S/C12H22O2S/c1-3-10-7-11(4-2)12(8-10)5-6-15(13,14)9-12/h10-11H,3-9H2,1-2H3. The fourth-order valence-electron chi connectivity index (χ4n) is 3.81. The summed E-state index contributed by atoms with van der Waals surface area (Å²) in [4.78, 5) is 0. The lowest BCUT2D eigenvalue weighted by atomic mass is 9.76. The van der Waals surface area contributed by atoms with Crippen LogP contribution in [0.15, 0.2) is 0 Å². The molecule has 15 heavy (non-hydrogen) atoms. The van der Waals surface area contributed by atoms with Crippen molar-refractivity contribution in [3.8, 4) is 0 Å². The van der Waals surface area contributed by atoms with Gasteiger partial charge < -0.3 is 0 Å². The molecule has 1 aliphatic carbocycles. The van der Waals surface area contributed by atoms with Gasteiger partial charge in [-0.25, -0.2) is 8.42 Å². The Balaban J connectivity index is 2.21. The van der Waals surface area contributed by atoms with Crippen molar-refractivity contribution in [1.29, 1.82) is 0 Å². The Morgan fingerprint density at radius 3 is 2.47 bits per heavy atom. The maximum absolute atomic E-state index is 11.6. The van der Waals surface area contributed by atoms with Crippen LogP contribution in [0.3, 0.4) is 0 Å². The molecule has 3 unspecified atom stereocenters. The lowest BCUT2D eigenvalue weighted by Crippen LogP contribution is -2.26. The molecule has 0 aromatic carbocycles. The fourth-order valence-corrected chi connectivity index (χ4v) is 6.05. The zero-order valence-corrected chi connectivity index (χ0v) is 10.6. The van der Waals surface area contributed by atoms with Crippen LogP contribution in [0.4, 0.5) is 0 Å². The Bertz CT molecular complexity index is 334. The molecule has 0 radical (unpaired) electrons. The van der Waals surface area contributed by atoms with E-state index >= 15 is 0 Å². The first-order valence-electron chi connectivity index (χ1n) is 6.22. The summed E-state index contributed by atoms with van der Waals surface area (Å²) in [7, 11) is -2.71. The van der Waals surface area contributed by atoms with Crippen molar-refractivity contribution in [2.24, 2.45) is 17.3 Å². The van der Waals surface area contributed by atoms with Crippen LogP contribution in [-0.2, 0) is 9.84 Å². The topological polar surface area (TPSA) is 34.1 Å². The molecule has 0 bridgehead atoms. The van der Waals surface area contributed by atoms with Crippen LogP contribution in [0.25, 0.3) is 0 Å². The van der Waals surface area contributed by atoms with E-state index in [-0.39, 0.29) is 5.41 Å². The third kappa shape index (κ3) is 1.95. The molecule has 2 fully saturated rings. The third-order valence-corrected chi connectivity index (χ3v) is 6.51. The Hall–Kier alpha value is -0.0500. The van der Waals surface area contributed by atoms with Gasteiger partial charge in [-0.3, -0.25) is 0 Å². The Morgan fingerprint density at radius 2 is 2.00 bits per heavy atom. The van der Waals surface area contributed by atoms with Gasteiger partial charge in [-0.1, -0.05) is 26.7 Å². The molecule has 2 rings (SSSR count). The van der Waals surface area contributed by atoms with Gasteiger partial charge in [-0.2, -0.15) is 0 Å². The van der Waals surface area contributed by atoms with Crippen LogP contribution >= 0.6 is 0 Å². The highest BCUT2D eigenvalue weighted by Gasteiger charge is 2.51. The van der Waals surface area contributed by atoms with Gasteiger partial charge in [0.25, 0.3) is 0 Å². The number of hydrogen-bond acceptors (Lipinski definition) is 2. The first-order chi connectivity index (χ1) is 7.01. The zero-order chi connectivity index (χ0) is 11.1. The van der Waals surface area contributed by atoms with E-state index in [1.807, 2.05) is 0 Å². The first kappa shape index (κ1) is 11.4. The summed E-state index contributed by atoms with van der Waals surface area (Å²) in [5, 5.41) is 0. The molecule has 0 amide bonds. The molecule has 0 N–H and O–H groups in total. The molecule has 3 heteroatoms. The molecule has 1 heterocycles. The molecule has 1 aliphatic heterocycles. The highest BCUT2D eigenvalue weighted by atomic mass is 32.2. The molecule has 2 aliphatic rings. The van der Waals surface area contributed by atoms with E-state index in [0.29, 0.717) is 17.4 Å². The molecular formula is C12H22O2S. The van der Waals surface area contributed by atoms with Gasteiger partial charge in [-0.15, -0.1) is 0 Å². The summed E-state index contributed by atoms with van der Waals surface area (Å²) in [6, 6.07) is 0. The van der Waals surface area contributed by atoms with Crippen molar-refractivity contribution in [3.05, 3.63) is 0 Å². The van der Waals surface area contributed by atoms with E-state index in [0.717, 1.165) is 18.8 Å². The van der Waals surface area contributed by atoms with Crippen LogP contribution in [0.2, 0.25) is 0 Å². The maximum Gasteiger partial charge on any atom is 0.150 e. The second-order valence-electron chi connectivity index (χ2n) is 5.52. The number of sulfone groups is 1. The van der Waals surface area contributed by atoms with Crippen molar-refractivity contribution in [3.63, 3.8) is 0 Å². The summed E-state index contributed by atoms with van der Waals surface area (Å²) < 4.78 is 23.3. The second-order valence-corrected chi connectivity index (χ2v) is 7.71. The van der Waals surface area contributed by atoms with Gasteiger partial charge in [0.15, 0.2) is 9.84 Å². The van der Waals surface area contributed by atoms with Gasteiger partial charge in [0.2, 0.25) is 0 Å². The lowest BCUT2D eigenvalue weighted by molar-refractivity contribution is 0.229. The minimum absolute atomic E-state index is 0.175. The second kappa shape index (κ2) is 3.76. The van der Waals surface area contributed by atoms with Crippen LogP contribution in [0, 0.1) is 17.3 Å². The molecule has 2 nitrogen and oxygen atoms in total. The molecule has 1 spiro atoms. The summed E-state index contributed by atoms with van der Waals surface area (Å²) >= 11 is 0. The number of rotatable bonds is 2. The van der Waals surface area contributed by atoms with Crippen molar-refractivity contribution < 1.29 is 8.42 Å². The zero-order valence-electron chi connectivity index (χ0n) is 9.83. The van der Waals surface area contributed by atoms with Gasteiger partial charge in [0, 0.05) is 0 Å². The fraction of sp³-hybridized carbons (Fsp3) is 1.00. The highest BCUT2D eigenvalue weighted by molar-refractivity contribution is 7.91. The average Bonchev–Trinajstić information content (AvgIpc) is 2.68. The molecule has 1 saturated carbocycles. The van der Waals surface area contributed by atoms with Gasteiger partial charge in [-0.05, 0) is 36.5 Å². The summed E-state index contributed by atoms with van der Waals surface area (Å²) in [6.07, 6.45) is 5.75. The summed E-state index contributed by atoms with van der Waals surface area (Å²) in [5.41, 5.74) is 0.175. The van der Waals surface area contributed by atoms with Gasteiger partial charge >= 0.3 is 0 Å². The molecule has 3 atom stereocenters. The third-order valence-electron chi connectivity index (χ3n) is 4.67. The Kier molecular flexibility index (Phi) is 2.87. The predicted octanol–water partition coefficient (Wildman–Crippen LogP) is 2.64. The normalized spacial score (nSPS) is 43.9. The van der Waals surface area contributed by atoms with Gasteiger partial charge in [0.1, 0.15) is 0 Å². The van der Waals surface area contributed by atoms with E-state index in [2.05, 4.69) is 13.8 Å². The van der Waals surface area contributed by atoms with E-state index in [1.54, 1.807) is 0 Å². The predicted molar refractivity (Wildman–Crippen MR) is 62.5 cm³/mol. The maximum atomic E-state index is 11.6.